The summed E-state index contributed by atoms with van der Waals surface area (Å²) in [4.78, 5) is 15.8. The van der Waals surface area contributed by atoms with Crippen LogP contribution in [-0.2, 0) is 11.3 Å². The second-order valence-corrected chi connectivity index (χ2v) is 6.13. The fourth-order valence-corrected chi connectivity index (χ4v) is 2.37. The van der Waals surface area contributed by atoms with Crippen LogP contribution in [0, 0.1) is 11.7 Å². The van der Waals surface area contributed by atoms with Crippen molar-refractivity contribution in [3.63, 3.8) is 0 Å². The van der Waals surface area contributed by atoms with Crippen molar-refractivity contribution in [3.8, 4) is 0 Å². The maximum absolute atomic E-state index is 13.2. The van der Waals surface area contributed by atoms with E-state index < -0.39 is 6.09 Å². The highest BCUT2D eigenvalue weighted by Crippen LogP contribution is 2.05. The molecule has 1 atom stereocenters. The predicted octanol–water partition coefficient (Wildman–Crippen LogP) is 3.27. The molecule has 0 aliphatic rings. The van der Waals surface area contributed by atoms with E-state index in [1.165, 1.54) is 12.1 Å². The van der Waals surface area contributed by atoms with Crippen LogP contribution in [-0.4, -0.2) is 38.3 Å². The van der Waals surface area contributed by atoms with Gasteiger partial charge in [0, 0.05) is 26.2 Å². The monoisotopic (exact) mass is 480 g/mol. The minimum Gasteiger partial charge on any atom is -0.450 e. The molecular formula is C18H30FIN4O2. The van der Waals surface area contributed by atoms with E-state index in [2.05, 4.69) is 34.8 Å². The molecule has 148 valence electrons. The number of guanidine groups is 1. The highest BCUT2D eigenvalue weighted by molar-refractivity contribution is 14.0. The number of alkyl carbamates (subject to hydrolysis) is 1. The number of nitrogens with one attached hydrogen (secondary N) is 3. The molecule has 0 aliphatic heterocycles. The number of ether oxygens (including phenoxy) is 1. The molecule has 0 fully saturated rings. The Morgan fingerprint density at radius 1 is 1.31 bits per heavy atom. The van der Waals surface area contributed by atoms with Gasteiger partial charge in [-0.25, -0.2) is 9.18 Å². The Hall–Kier alpha value is -1.58. The van der Waals surface area contributed by atoms with Crippen molar-refractivity contribution in [1.29, 1.82) is 0 Å². The number of aliphatic imine (C=N–C) groups is 1. The number of hydrogen-bond acceptors (Lipinski definition) is 3. The third-order valence-electron chi connectivity index (χ3n) is 3.44. The zero-order chi connectivity index (χ0) is 18.7. The van der Waals surface area contributed by atoms with Crippen LogP contribution in [0.15, 0.2) is 29.3 Å². The van der Waals surface area contributed by atoms with Gasteiger partial charge in [0.25, 0.3) is 0 Å². The Morgan fingerprint density at radius 3 is 2.62 bits per heavy atom. The Labute approximate surface area is 172 Å². The van der Waals surface area contributed by atoms with Gasteiger partial charge in [0.1, 0.15) is 5.82 Å². The van der Waals surface area contributed by atoms with Gasteiger partial charge in [-0.15, -0.1) is 24.0 Å². The molecule has 1 aromatic rings. The predicted molar refractivity (Wildman–Crippen MR) is 113 cm³/mol. The molecule has 1 rings (SSSR count). The molecule has 0 saturated heterocycles. The Balaban J connectivity index is 0.00000625. The van der Waals surface area contributed by atoms with E-state index in [0.29, 0.717) is 31.6 Å². The van der Waals surface area contributed by atoms with Crippen LogP contribution in [0.2, 0.25) is 0 Å². The minimum absolute atomic E-state index is 0. The lowest BCUT2D eigenvalue weighted by molar-refractivity contribution is 0.146. The molecule has 3 N–H and O–H groups in total. The van der Waals surface area contributed by atoms with E-state index in [9.17, 15) is 9.18 Å². The summed E-state index contributed by atoms with van der Waals surface area (Å²) < 4.78 is 18.2. The standard InChI is InChI=1S/C18H29FN4O2.HI/c1-5-25-18(24)23-16(9-13(2)3)12-22-17(20-4)21-11-14-7-6-8-15(19)10-14;/h6-8,10,13,16H,5,9,11-12H2,1-4H3,(H,23,24)(H2,20,21,22);1H. The summed E-state index contributed by atoms with van der Waals surface area (Å²) in [5.41, 5.74) is 0.825. The number of nitrogens with zero attached hydrogens (tertiary/aromatic N) is 1. The molecule has 0 aromatic heterocycles. The van der Waals surface area contributed by atoms with Crippen molar-refractivity contribution >= 4 is 36.0 Å². The first kappa shape index (κ1) is 24.4. The summed E-state index contributed by atoms with van der Waals surface area (Å²) in [6, 6.07) is 6.32. The molecule has 6 nitrogen and oxygen atoms in total. The van der Waals surface area contributed by atoms with Crippen LogP contribution in [0.1, 0.15) is 32.8 Å². The normalized spacial score (nSPS) is 12.2. The summed E-state index contributed by atoms with van der Waals surface area (Å²) >= 11 is 0. The maximum Gasteiger partial charge on any atom is 0.407 e. The number of rotatable bonds is 8. The number of halogens is 2. The fraction of sp³-hybridized carbons (Fsp3) is 0.556. The van der Waals surface area contributed by atoms with Gasteiger partial charge >= 0.3 is 6.09 Å². The summed E-state index contributed by atoms with van der Waals surface area (Å²) in [7, 11) is 1.66. The number of amides is 1. The molecule has 0 aliphatic carbocycles. The molecular weight excluding hydrogens is 450 g/mol. The zero-order valence-corrected chi connectivity index (χ0v) is 18.2. The summed E-state index contributed by atoms with van der Waals surface area (Å²) in [6.07, 6.45) is 0.393. The van der Waals surface area contributed by atoms with E-state index >= 15 is 0 Å². The molecule has 0 saturated carbocycles. The van der Waals surface area contributed by atoms with Crippen molar-refractivity contribution in [2.45, 2.75) is 39.8 Å². The van der Waals surface area contributed by atoms with Gasteiger partial charge in [-0.1, -0.05) is 26.0 Å². The fourth-order valence-electron chi connectivity index (χ4n) is 2.37. The molecule has 0 heterocycles. The van der Waals surface area contributed by atoms with Crippen LogP contribution in [0.4, 0.5) is 9.18 Å². The van der Waals surface area contributed by atoms with Crippen molar-refractivity contribution in [1.82, 2.24) is 16.0 Å². The average Bonchev–Trinajstić information content (AvgIpc) is 2.54. The van der Waals surface area contributed by atoms with E-state index in [4.69, 9.17) is 4.74 Å². The summed E-state index contributed by atoms with van der Waals surface area (Å²) in [5.74, 6) is 0.748. The average molecular weight is 480 g/mol. The highest BCUT2D eigenvalue weighted by Gasteiger charge is 2.15. The lowest BCUT2D eigenvalue weighted by Crippen LogP contribution is -2.47. The minimum atomic E-state index is -0.419. The first-order valence-corrected chi connectivity index (χ1v) is 8.56. The van der Waals surface area contributed by atoms with Crippen LogP contribution in [0.5, 0.6) is 0 Å². The van der Waals surface area contributed by atoms with Crippen LogP contribution in [0.3, 0.4) is 0 Å². The second-order valence-electron chi connectivity index (χ2n) is 6.13. The molecule has 1 amide bonds. The Bertz CT molecular complexity index is 570. The second kappa shape index (κ2) is 13.6. The third-order valence-corrected chi connectivity index (χ3v) is 3.44. The van der Waals surface area contributed by atoms with Crippen LogP contribution < -0.4 is 16.0 Å². The van der Waals surface area contributed by atoms with E-state index in [0.717, 1.165) is 12.0 Å². The Kier molecular flexibility index (Phi) is 12.8. The molecule has 8 heteroatoms. The van der Waals surface area contributed by atoms with E-state index in [1.807, 2.05) is 6.07 Å². The van der Waals surface area contributed by atoms with Gasteiger partial charge in [-0.2, -0.15) is 0 Å². The molecule has 1 unspecified atom stereocenters. The molecule has 0 radical (unpaired) electrons. The van der Waals surface area contributed by atoms with Gasteiger partial charge in [-0.05, 0) is 37.0 Å². The number of carbonyl (C=O) groups excluding carboxylic acids is 1. The van der Waals surface area contributed by atoms with Gasteiger partial charge in [0.15, 0.2) is 5.96 Å². The lowest BCUT2D eigenvalue weighted by Gasteiger charge is -2.22. The molecule has 1 aromatic carbocycles. The first-order valence-electron chi connectivity index (χ1n) is 8.56. The molecule has 0 spiro atoms. The van der Waals surface area contributed by atoms with E-state index in [1.54, 1.807) is 20.0 Å². The first-order chi connectivity index (χ1) is 11.9. The SMILES string of the molecule is CCOC(=O)NC(CNC(=NC)NCc1cccc(F)c1)CC(C)C.I. The van der Waals surface area contributed by atoms with Crippen LogP contribution >= 0.6 is 24.0 Å². The zero-order valence-electron chi connectivity index (χ0n) is 15.8. The van der Waals surface area contributed by atoms with Gasteiger partial charge in [0.05, 0.1) is 6.61 Å². The topological polar surface area (TPSA) is 74.8 Å². The smallest absolute Gasteiger partial charge is 0.407 e. The van der Waals surface area contributed by atoms with E-state index in [-0.39, 0.29) is 35.8 Å². The number of hydrogen-bond donors (Lipinski definition) is 3. The molecule has 26 heavy (non-hydrogen) atoms. The summed E-state index contributed by atoms with van der Waals surface area (Å²) in [6.45, 7) is 7.27. The summed E-state index contributed by atoms with van der Waals surface area (Å²) in [5, 5.41) is 9.16. The van der Waals surface area contributed by atoms with Gasteiger partial charge in [-0.3, -0.25) is 4.99 Å². The lowest BCUT2D eigenvalue weighted by atomic mass is 10.0. The highest BCUT2D eigenvalue weighted by atomic mass is 127. The van der Waals surface area contributed by atoms with Crippen molar-refractivity contribution < 1.29 is 13.9 Å². The quantitative estimate of drug-likeness (QED) is 0.304. The van der Waals surface area contributed by atoms with Gasteiger partial charge < -0.3 is 20.7 Å². The van der Waals surface area contributed by atoms with Crippen molar-refractivity contribution in [2.24, 2.45) is 10.9 Å². The number of carbonyl (C=O) groups is 1. The van der Waals surface area contributed by atoms with Crippen molar-refractivity contribution in [3.05, 3.63) is 35.6 Å². The largest absolute Gasteiger partial charge is 0.450 e. The van der Waals surface area contributed by atoms with Crippen LogP contribution in [0.25, 0.3) is 0 Å². The maximum atomic E-state index is 13.2. The number of benzene rings is 1. The molecule has 0 bridgehead atoms. The van der Waals surface area contributed by atoms with Gasteiger partial charge in [0.2, 0.25) is 0 Å². The van der Waals surface area contributed by atoms with Crippen molar-refractivity contribution in [2.75, 3.05) is 20.2 Å². The third kappa shape index (κ3) is 10.4. The Morgan fingerprint density at radius 2 is 2.04 bits per heavy atom.